The molecule has 0 radical (unpaired) electrons. The Kier molecular flexibility index (Phi) is 4.40. The third kappa shape index (κ3) is 2.83. The zero-order valence-electron chi connectivity index (χ0n) is 11.1. The van der Waals surface area contributed by atoms with Crippen molar-refractivity contribution in [2.24, 2.45) is 5.73 Å². The van der Waals surface area contributed by atoms with Crippen molar-refractivity contribution in [2.75, 3.05) is 7.11 Å². The predicted octanol–water partition coefficient (Wildman–Crippen LogP) is 4.09. The normalized spacial score (nSPS) is 12.3. The fourth-order valence-corrected chi connectivity index (χ4v) is 2.39. The van der Waals surface area contributed by atoms with E-state index in [-0.39, 0.29) is 4.47 Å². The molecule has 0 saturated heterocycles. The summed E-state index contributed by atoms with van der Waals surface area (Å²) in [7, 11) is 1.42. The van der Waals surface area contributed by atoms with Crippen LogP contribution >= 0.6 is 15.9 Å². The van der Waals surface area contributed by atoms with Crippen LogP contribution in [0.5, 0.6) is 5.75 Å². The van der Waals surface area contributed by atoms with Crippen LogP contribution in [0.15, 0.2) is 34.8 Å². The van der Waals surface area contributed by atoms with Crippen LogP contribution < -0.4 is 10.5 Å². The van der Waals surface area contributed by atoms with Gasteiger partial charge >= 0.3 is 0 Å². The summed E-state index contributed by atoms with van der Waals surface area (Å²) in [5.41, 5.74) is 7.89. The number of methoxy groups -OCH3 is 1. The standard InChI is InChI=1S/C15H14BrF2NO/c1-8-3-4-12(17)9(5-8)15(19)10-6-11(16)13(18)7-14(10)20-2/h3-7,15H,19H2,1-2H3. The van der Waals surface area contributed by atoms with Gasteiger partial charge in [-0.2, -0.15) is 0 Å². The topological polar surface area (TPSA) is 35.2 Å². The fraction of sp³-hybridized carbons (Fsp3) is 0.200. The smallest absolute Gasteiger partial charge is 0.141 e. The summed E-state index contributed by atoms with van der Waals surface area (Å²) >= 11 is 3.10. The maximum atomic E-state index is 13.9. The van der Waals surface area contributed by atoms with Crippen molar-refractivity contribution >= 4 is 15.9 Å². The molecule has 0 aliphatic carbocycles. The van der Waals surface area contributed by atoms with Gasteiger partial charge in [-0.1, -0.05) is 17.7 Å². The van der Waals surface area contributed by atoms with Crippen LogP contribution in [-0.2, 0) is 0 Å². The van der Waals surface area contributed by atoms with E-state index in [1.54, 1.807) is 12.1 Å². The summed E-state index contributed by atoms with van der Waals surface area (Å²) in [6.45, 7) is 1.85. The minimum Gasteiger partial charge on any atom is -0.496 e. The molecular weight excluding hydrogens is 328 g/mol. The SMILES string of the molecule is COc1cc(F)c(Br)cc1C(N)c1cc(C)ccc1F. The van der Waals surface area contributed by atoms with Crippen molar-refractivity contribution in [1.82, 2.24) is 0 Å². The van der Waals surface area contributed by atoms with Crippen molar-refractivity contribution in [1.29, 1.82) is 0 Å². The lowest BCUT2D eigenvalue weighted by atomic mass is 9.97. The zero-order chi connectivity index (χ0) is 14.9. The van der Waals surface area contributed by atoms with Gasteiger partial charge < -0.3 is 10.5 Å². The van der Waals surface area contributed by atoms with Crippen molar-refractivity contribution < 1.29 is 13.5 Å². The highest BCUT2D eigenvalue weighted by molar-refractivity contribution is 9.10. The van der Waals surface area contributed by atoms with E-state index in [0.717, 1.165) is 5.56 Å². The molecular formula is C15H14BrF2NO. The predicted molar refractivity (Wildman–Crippen MR) is 77.8 cm³/mol. The van der Waals surface area contributed by atoms with Gasteiger partial charge in [0.1, 0.15) is 17.4 Å². The lowest BCUT2D eigenvalue weighted by molar-refractivity contribution is 0.403. The third-order valence-corrected chi connectivity index (χ3v) is 3.70. The Morgan fingerprint density at radius 2 is 1.80 bits per heavy atom. The van der Waals surface area contributed by atoms with Crippen molar-refractivity contribution in [3.63, 3.8) is 0 Å². The Morgan fingerprint density at radius 3 is 2.45 bits per heavy atom. The highest BCUT2D eigenvalue weighted by atomic mass is 79.9. The molecule has 0 spiro atoms. The van der Waals surface area contributed by atoms with E-state index >= 15 is 0 Å². The number of ether oxygens (including phenoxy) is 1. The first-order chi connectivity index (χ1) is 9.43. The lowest BCUT2D eigenvalue weighted by Gasteiger charge is -2.18. The fourth-order valence-electron chi connectivity index (χ4n) is 2.03. The molecule has 0 saturated carbocycles. The average Bonchev–Trinajstić information content (AvgIpc) is 2.43. The number of hydrogen-bond donors (Lipinski definition) is 1. The highest BCUT2D eigenvalue weighted by Gasteiger charge is 2.19. The number of hydrogen-bond acceptors (Lipinski definition) is 2. The van der Waals surface area contributed by atoms with E-state index in [0.29, 0.717) is 16.9 Å². The molecule has 0 heterocycles. The molecule has 1 unspecified atom stereocenters. The van der Waals surface area contributed by atoms with Crippen LogP contribution in [0, 0.1) is 18.6 Å². The molecule has 0 aliphatic rings. The van der Waals surface area contributed by atoms with Gasteiger partial charge in [-0.15, -0.1) is 0 Å². The molecule has 0 aromatic heterocycles. The van der Waals surface area contributed by atoms with Crippen LogP contribution in [0.2, 0.25) is 0 Å². The Hall–Kier alpha value is -1.46. The van der Waals surface area contributed by atoms with Crippen molar-refractivity contribution in [3.8, 4) is 5.75 Å². The quantitative estimate of drug-likeness (QED) is 0.912. The average molecular weight is 342 g/mol. The Bertz CT molecular complexity index is 646. The minimum atomic E-state index is -0.734. The van der Waals surface area contributed by atoms with Crippen LogP contribution in [-0.4, -0.2) is 7.11 Å². The van der Waals surface area contributed by atoms with Crippen molar-refractivity contribution in [3.05, 3.63) is 63.1 Å². The number of halogens is 3. The Labute approximate surface area is 124 Å². The monoisotopic (exact) mass is 341 g/mol. The third-order valence-electron chi connectivity index (χ3n) is 3.09. The van der Waals surface area contributed by atoms with E-state index in [9.17, 15) is 8.78 Å². The molecule has 2 N–H and O–H groups in total. The van der Waals surface area contributed by atoms with Gasteiger partial charge in [-0.05, 0) is 35.0 Å². The summed E-state index contributed by atoms with van der Waals surface area (Å²) in [6.07, 6.45) is 0. The lowest BCUT2D eigenvalue weighted by Crippen LogP contribution is -2.15. The van der Waals surface area contributed by atoms with Gasteiger partial charge in [0, 0.05) is 17.2 Å². The second-order valence-electron chi connectivity index (χ2n) is 4.51. The summed E-state index contributed by atoms with van der Waals surface area (Å²) in [6, 6.07) is 6.73. The van der Waals surface area contributed by atoms with Gasteiger partial charge in [0.25, 0.3) is 0 Å². The molecule has 0 bridgehead atoms. The van der Waals surface area contributed by atoms with E-state index in [2.05, 4.69) is 15.9 Å². The molecule has 106 valence electrons. The van der Waals surface area contributed by atoms with Crippen LogP contribution in [0.3, 0.4) is 0 Å². The molecule has 2 nitrogen and oxygen atoms in total. The molecule has 0 amide bonds. The van der Waals surface area contributed by atoms with Crippen LogP contribution in [0.4, 0.5) is 8.78 Å². The van der Waals surface area contributed by atoms with E-state index < -0.39 is 17.7 Å². The van der Waals surface area contributed by atoms with E-state index in [4.69, 9.17) is 10.5 Å². The van der Waals surface area contributed by atoms with Gasteiger partial charge in [0.05, 0.1) is 17.6 Å². The van der Waals surface area contributed by atoms with Crippen LogP contribution in [0.25, 0.3) is 0 Å². The van der Waals surface area contributed by atoms with E-state index in [1.807, 2.05) is 6.92 Å². The summed E-state index contributed by atoms with van der Waals surface area (Å²) in [4.78, 5) is 0. The number of rotatable bonds is 3. The first-order valence-corrected chi connectivity index (χ1v) is 6.78. The molecule has 5 heteroatoms. The second kappa shape index (κ2) is 5.89. The zero-order valence-corrected chi connectivity index (χ0v) is 12.7. The molecule has 2 aromatic carbocycles. The maximum Gasteiger partial charge on any atom is 0.141 e. The van der Waals surface area contributed by atoms with E-state index in [1.165, 1.54) is 25.3 Å². The molecule has 2 rings (SSSR count). The Morgan fingerprint density at radius 1 is 1.10 bits per heavy atom. The van der Waals surface area contributed by atoms with Gasteiger partial charge in [-0.25, -0.2) is 8.78 Å². The molecule has 0 aliphatic heterocycles. The first kappa shape index (κ1) is 14.9. The van der Waals surface area contributed by atoms with Gasteiger partial charge in [-0.3, -0.25) is 0 Å². The second-order valence-corrected chi connectivity index (χ2v) is 5.37. The first-order valence-electron chi connectivity index (χ1n) is 5.98. The number of aryl methyl sites for hydroxylation is 1. The number of benzene rings is 2. The molecule has 20 heavy (non-hydrogen) atoms. The summed E-state index contributed by atoms with van der Waals surface area (Å²) in [5, 5.41) is 0. The molecule has 2 aromatic rings. The number of nitrogens with two attached hydrogens (primary N) is 1. The molecule has 0 fully saturated rings. The summed E-state index contributed by atoms with van der Waals surface area (Å²) < 4.78 is 32.8. The highest BCUT2D eigenvalue weighted by Crippen LogP contribution is 2.33. The Balaban J connectivity index is 2.55. The van der Waals surface area contributed by atoms with Gasteiger partial charge in [0.2, 0.25) is 0 Å². The maximum absolute atomic E-state index is 13.9. The minimum absolute atomic E-state index is 0.261. The van der Waals surface area contributed by atoms with Crippen molar-refractivity contribution in [2.45, 2.75) is 13.0 Å². The van der Waals surface area contributed by atoms with Gasteiger partial charge in [0.15, 0.2) is 0 Å². The van der Waals surface area contributed by atoms with Crippen LogP contribution in [0.1, 0.15) is 22.7 Å². The summed E-state index contributed by atoms with van der Waals surface area (Å²) in [5.74, 6) is -0.563. The largest absolute Gasteiger partial charge is 0.496 e. The molecule has 1 atom stereocenters.